The highest BCUT2D eigenvalue weighted by Crippen LogP contribution is 2.45. The second-order valence-electron chi connectivity index (χ2n) is 11.4. The van der Waals surface area contributed by atoms with Gasteiger partial charge in [-0.3, -0.25) is 9.59 Å². The highest BCUT2D eigenvalue weighted by atomic mass is 16.5. The lowest BCUT2D eigenvalue weighted by Gasteiger charge is -2.29. The van der Waals surface area contributed by atoms with Crippen LogP contribution in [0.15, 0.2) is 36.9 Å². The number of unbranched alkanes of at least 4 members (excludes halogenated alkanes) is 1. The van der Waals surface area contributed by atoms with Crippen LogP contribution >= 0.6 is 0 Å². The van der Waals surface area contributed by atoms with Crippen LogP contribution in [0.2, 0.25) is 0 Å². The van der Waals surface area contributed by atoms with E-state index < -0.39 is 47.6 Å². The van der Waals surface area contributed by atoms with Gasteiger partial charge in [-0.25, -0.2) is 9.59 Å². The summed E-state index contributed by atoms with van der Waals surface area (Å²) in [5, 5.41) is 15.2. The molecule has 224 valence electrons. The van der Waals surface area contributed by atoms with Gasteiger partial charge in [0.1, 0.15) is 17.6 Å². The molecular weight excluding hydrogens is 526 g/mol. The van der Waals surface area contributed by atoms with E-state index in [4.69, 9.17) is 9.47 Å². The van der Waals surface area contributed by atoms with Crippen LogP contribution in [0.4, 0.5) is 4.79 Å². The molecule has 3 aliphatic rings. The molecule has 4 rings (SSSR count). The lowest BCUT2D eigenvalue weighted by Crippen LogP contribution is -2.56. The van der Waals surface area contributed by atoms with Crippen molar-refractivity contribution in [1.82, 2.24) is 15.5 Å². The predicted molar refractivity (Wildman–Crippen MR) is 152 cm³/mol. The first-order valence-electron chi connectivity index (χ1n) is 14.9. The van der Waals surface area contributed by atoms with E-state index in [1.165, 1.54) is 16.5 Å². The first-order chi connectivity index (χ1) is 19.8. The number of aryl methyl sites for hydroxylation is 1. The zero-order valence-corrected chi connectivity index (χ0v) is 23.9. The van der Waals surface area contributed by atoms with Crippen LogP contribution in [0.25, 0.3) is 0 Å². The summed E-state index contributed by atoms with van der Waals surface area (Å²) in [6.07, 6.45) is 7.49. The predicted octanol–water partition coefficient (Wildman–Crippen LogP) is 3.72. The number of ether oxygens (including phenoxy) is 2. The maximum Gasteiger partial charge on any atom is 0.407 e. The third kappa shape index (κ3) is 7.67. The Morgan fingerprint density at radius 2 is 2.00 bits per heavy atom. The van der Waals surface area contributed by atoms with E-state index in [0.29, 0.717) is 19.4 Å². The average molecular weight is 570 g/mol. The van der Waals surface area contributed by atoms with Crippen molar-refractivity contribution in [3.8, 4) is 0 Å². The van der Waals surface area contributed by atoms with Crippen LogP contribution < -0.4 is 10.6 Å². The van der Waals surface area contributed by atoms with Crippen molar-refractivity contribution in [2.75, 3.05) is 13.2 Å². The zero-order valence-electron chi connectivity index (χ0n) is 23.9. The number of nitrogens with zero attached hydrogens (tertiary/aromatic N) is 1. The maximum atomic E-state index is 13.9. The van der Waals surface area contributed by atoms with Crippen LogP contribution in [-0.4, -0.2) is 70.8 Å². The van der Waals surface area contributed by atoms with Gasteiger partial charge in [0.2, 0.25) is 11.8 Å². The standard InChI is InChI=1S/C31H43N3O7/c1-3-5-14-25-28(36)34-19-24(17-26(34)27(35)33-31(29(37)38)18-23(31)4-2)41-20-22-13-10-12-21(16-22)11-8-6-7-9-15-40-30(39)32-25/h4,10,12-13,16,23-26H,2-3,5-9,11,14-15,17-20H2,1H3,(H,32,39)(H,33,35)(H,37,38)/t23-,24+,25-,26-,31+/m0/s1. The lowest BCUT2D eigenvalue weighted by atomic mass is 10.0. The number of carboxylic acid groups (broad SMARTS) is 1. The monoisotopic (exact) mass is 569 g/mol. The summed E-state index contributed by atoms with van der Waals surface area (Å²) in [4.78, 5) is 53.5. The molecular formula is C31H43N3O7. The molecule has 10 heteroatoms. The molecule has 2 heterocycles. The second-order valence-corrected chi connectivity index (χ2v) is 11.4. The van der Waals surface area contributed by atoms with Crippen molar-refractivity contribution in [2.24, 2.45) is 5.92 Å². The summed E-state index contributed by atoms with van der Waals surface area (Å²) < 4.78 is 11.6. The molecule has 2 fully saturated rings. The largest absolute Gasteiger partial charge is 0.479 e. The number of hydrogen-bond donors (Lipinski definition) is 3. The Morgan fingerprint density at radius 3 is 2.73 bits per heavy atom. The second kappa shape index (κ2) is 14.0. The SMILES string of the molecule is C=C[C@H]1C[C@]1(NC(=O)[C@@H]1C[C@@H]2CN1C(=O)[C@H](CCCC)NC(=O)OCCCCCCc1cccc(c1)CO2)C(=O)O. The van der Waals surface area contributed by atoms with Gasteiger partial charge in [-0.2, -0.15) is 0 Å². The van der Waals surface area contributed by atoms with Crippen LogP contribution in [0.5, 0.6) is 0 Å². The van der Waals surface area contributed by atoms with Crippen molar-refractivity contribution in [2.45, 2.75) is 101 Å². The Morgan fingerprint density at radius 1 is 1.22 bits per heavy atom. The number of benzene rings is 1. The molecule has 0 aromatic heterocycles. The Hall–Kier alpha value is -3.40. The van der Waals surface area contributed by atoms with Crippen molar-refractivity contribution < 1.29 is 33.8 Å². The molecule has 4 bridgehead atoms. The number of carbonyl (C=O) groups is 4. The Balaban J connectivity index is 1.57. The smallest absolute Gasteiger partial charge is 0.407 e. The van der Waals surface area contributed by atoms with Gasteiger partial charge in [0, 0.05) is 18.9 Å². The van der Waals surface area contributed by atoms with Gasteiger partial charge in [0.15, 0.2) is 0 Å². The summed E-state index contributed by atoms with van der Waals surface area (Å²) in [6, 6.07) is 6.43. The molecule has 1 aromatic carbocycles. The lowest BCUT2D eigenvalue weighted by molar-refractivity contribution is -0.145. The van der Waals surface area contributed by atoms with Gasteiger partial charge in [-0.15, -0.1) is 6.58 Å². The molecule has 1 aliphatic carbocycles. The number of amides is 3. The number of cyclic esters (lactones) is 1. The van der Waals surface area contributed by atoms with Crippen LogP contribution in [-0.2, 0) is 36.9 Å². The summed E-state index contributed by atoms with van der Waals surface area (Å²) in [6.45, 7) is 6.43. The fourth-order valence-corrected chi connectivity index (χ4v) is 5.82. The Kier molecular flexibility index (Phi) is 10.4. The average Bonchev–Trinajstić information content (AvgIpc) is 3.51. The molecule has 0 unspecified atom stereocenters. The third-order valence-corrected chi connectivity index (χ3v) is 8.38. The van der Waals surface area contributed by atoms with Gasteiger partial charge in [0.05, 0.1) is 19.3 Å². The Bertz CT molecular complexity index is 1120. The van der Waals surface area contributed by atoms with Crippen LogP contribution in [0.3, 0.4) is 0 Å². The quantitative estimate of drug-likeness (QED) is 0.426. The number of nitrogens with one attached hydrogen (secondary N) is 2. The molecule has 1 saturated heterocycles. The Labute approximate surface area is 241 Å². The summed E-state index contributed by atoms with van der Waals surface area (Å²) in [7, 11) is 0. The maximum absolute atomic E-state index is 13.9. The molecule has 10 nitrogen and oxygen atoms in total. The van der Waals surface area contributed by atoms with Gasteiger partial charge >= 0.3 is 12.1 Å². The van der Waals surface area contributed by atoms with E-state index in [0.717, 1.165) is 44.1 Å². The van der Waals surface area contributed by atoms with Crippen LogP contribution in [0.1, 0.15) is 75.8 Å². The number of carbonyl (C=O) groups excluding carboxylic acids is 3. The number of fused-ring (bicyclic) bond motifs is 4. The van der Waals surface area contributed by atoms with Gasteiger partial charge < -0.3 is 30.1 Å². The van der Waals surface area contributed by atoms with Gasteiger partial charge in [0.25, 0.3) is 0 Å². The van der Waals surface area contributed by atoms with E-state index >= 15 is 0 Å². The van der Waals surface area contributed by atoms with Gasteiger partial charge in [-0.05, 0) is 43.2 Å². The van der Waals surface area contributed by atoms with E-state index in [1.807, 2.05) is 19.1 Å². The summed E-state index contributed by atoms with van der Waals surface area (Å²) in [5.41, 5.74) is 0.824. The minimum Gasteiger partial charge on any atom is -0.479 e. The molecule has 3 amide bonds. The van der Waals surface area contributed by atoms with Crippen LogP contribution in [0, 0.1) is 5.92 Å². The van der Waals surface area contributed by atoms with E-state index in [9.17, 15) is 24.3 Å². The molecule has 41 heavy (non-hydrogen) atoms. The first-order valence-corrected chi connectivity index (χ1v) is 14.9. The number of rotatable bonds is 7. The number of aliphatic carboxylic acids is 1. The van der Waals surface area contributed by atoms with Crippen molar-refractivity contribution in [3.63, 3.8) is 0 Å². The molecule has 2 aliphatic heterocycles. The highest BCUT2D eigenvalue weighted by molar-refractivity contribution is 5.96. The first kappa shape index (κ1) is 30.6. The molecule has 1 saturated carbocycles. The molecule has 0 spiro atoms. The van der Waals surface area contributed by atoms with E-state index in [2.05, 4.69) is 29.3 Å². The molecule has 1 aromatic rings. The fourth-order valence-electron chi connectivity index (χ4n) is 5.82. The van der Waals surface area contributed by atoms with Crippen molar-refractivity contribution >= 4 is 23.9 Å². The van der Waals surface area contributed by atoms with E-state index in [-0.39, 0.29) is 31.9 Å². The normalized spacial score (nSPS) is 29.2. The number of alkyl carbamates (subject to hydrolysis) is 1. The summed E-state index contributed by atoms with van der Waals surface area (Å²) in [5.74, 6) is -2.45. The fraction of sp³-hybridized carbons (Fsp3) is 0.613. The molecule has 5 atom stereocenters. The number of hydrogen-bond acceptors (Lipinski definition) is 6. The van der Waals surface area contributed by atoms with Gasteiger partial charge in [-0.1, -0.05) is 62.9 Å². The zero-order chi connectivity index (χ0) is 29.4. The minimum atomic E-state index is -1.42. The third-order valence-electron chi connectivity index (χ3n) is 8.38. The molecule has 0 radical (unpaired) electrons. The topological polar surface area (TPSA) is 134 Å². The number of carboxylic acids is 1. The summed E-state index contributed by atoms with van der Waals surface area (Å²) >= 11 is 0. The highest BCUT2D eigenvalue weighted by Gasteiger charge is 2.61. The molecule has 3 N–H and O–H groups in total. The minimum absolute atomic E-state index is 0.154. The van der Waals surface area contributed by atoms with Crippen molar-refractivity contribution in [3.05, 3.63) is 48.0 Å². The van der Waals surface area contributed by atoms with Crippen molar-refractivity contribution in [1.29, 1.82) is 0 Å². The van der Waals surface area contributed by atoms with E-state index in [1.54, 1.807) is 0 Å².